The molecule has 0 aliphatic heterocycles. The summed E-state index contributed by atoms with van der Waals surface area (Å²) in [4.78, 5) is 0.204. The molecule has 8 heteroatoms. The quantitative estimate of drug-likeness (QED) is 0.846. The first kappa shape index (κ1) is 14.0. The highest BCUT2D eigenvalue weighted by Gasteiger charge is 2.33. The van der Waals surface area contributed by atoms with Gasteiger partial charge in [0.05, 0.1) is 5.69 Å². The number of benzene rings is 1. The van der Waals surface area contributed by atoms with Crippen molar-refractivity contribution in [2.45, 2.75) is 6.18 Å². The predicted molar refractivity (Wildman–Crippen MR) is 72.2 cm³/mol. The van der Waals surface area contributed by atoms with Crippen molar-refractivity contribution < 1.29 is 13.2 Å². The van der Waals surface area contributed by atoms with Crippen LogP contribution in [0, 0.1) is 0 Å². The SMILES string of the molecule is NC(=S)c1ccc(-n2ccc(C(F)(F)F)n2)cc1Br. The van der Waals surface area contributed by atoms with Gasteiger partial charge in [-0.25, -0.2) is 4.68 Å². The van der Waals surface area contributed by atoms with E-state index in [1.54, 1.807) is 18.2 Å². The second kappa shape index (κ2) is 4.93. The molecule has 2 aromatic rings. The first-order valence-electron chi connectivity index (χ1n) is 5.01. The third-order valence-corrected chi connectivity index (χ3v) is 3.24. The van der Waals surface area contributed by atoms with Gasteiger partial charge in [-0.3, -0.25) is 0 Å². The molecule has 0 aliphatic rings. The van der Waals surface area contributed by atoms with Gasteiger partial charge in [0.15, 0.2) is 5.69 Å². The molecule has 1 aromatic heterocycles. The lowest BCUT2D eigenvalue weighted by Gasteiger charge is -2.06. The van der Waals surface area contributed by atoms with E-state index < -0.39 is 11.9 Å². The van der Waals surface area contributed by atoms with Gasteiger partial charge in [0, 0.05) is 16.2 Å². The van der Waals surface area contributed by atoms with Crippen LogP contribution in [0.3, 0.4) is 0 Å². The van der Waals surface area contributed by atoms with Crippen LogP contribution < -0.4 is 5.73 Å². The summed E-state index contributed by atoms with van der Waals surface area (Å²) >= 11 is 8.10. The maximum atomic E-state index is 12.4. The summed E-state index contributed by atoms with van der Waals surface area (Å²) in [6.45, 7) is 0. The van der Waals surface area contributed by atoms with Gasteiger partial charge < -0.3 is 5.73 Å². The van der Waals surface area contributed by atoms with Crippen LogP contribution in [0.4, 0.5) is 13.2 Å². The predicted octanol–water partition coefficient (Wildman–Crippen LogP) is 3.29. The molecule has 3 nitrogen and oxygen atoms in total. The van der Waals surface area contributed by atoms with E-state index in [2.05, 4.69) is 21.0 Å². The fraction of sp³-hybridized carbons (Fsp3) is 0.0909. The molecule has 100 valence electrons. The molecule has 0 spiro atoms. The highest BCUT2D eigenvalue weighted by molar-refractivity contribution is 9.10. The average molecular weight is 350 g/mol. The maximum Gasteiger partial charge on any atom is 0.435 e. The zero-order chi connectivity index (χ0) is 14.2. The highest BCUT2D eigenvalue weighted by atomic mass is 79.9. The Hall–Kier alpha value is -1.41. The van der Waals surface area contributed by atoms with Crippen LogP contribution in [0.25, 0.3) is 5.69 Å². The Balaban J connectivity index is 2.40. The van der Waals surface area contributed by atoms with Gasteiger partial charge in [-0.2, -0.15) is 18.3 Å². The van der Waals surface area contributed by atoms with Crippen molar-refractivity contribution >= 4 is 33.1 Å². The lowest BCUT2D eigenvalue weighted by molar-refractivity contribution is -0.141. The van der Waals surface area contributed by atoms with Gasteiger partial charge in [-0.15, -0.1) is 0 Å². The first-order chi connectivity index (χ1) is 8.79. The lowest BCUT2D eigenvalue weighted by Crippen LogP contribution is -2.11. The lowest BCUT2D eigenvalue weighted by atomic mass is 10.2. The minimum absolute atomic E-state index is 0.204. The van der Waals surface area contributed by atoms with E-state index in [-0.39, 0.29) is 4.99 Å². The number of aromatic nitrogens is 2. The van der Waals surface area contributed by atoms with Crippen molar-refractivity contribution in [1.29, 1.82) is 0 Å². The molecule has 1 aromatic carbocycles. The van der Waals surface area contributed by atoms with Crippen molar-refractivity contribution in [1.82, 2.24) is 9.78 Å². The van der Waals surface area contributed by atoms with Crippen LogP contribution in [0.1, 0.15) is 11.3 Å². The molecule has 0 fully saturated rings. The standard InChI is InChI=1S/C11H7BrF3N3S/c12-8-5-6(1-2-7(8)10(16)19)18-4-3-9(17-18)11(13,14)15/h1-5H,(H2,16,19). The molecule has 0 bridgehead atoms. The Kier molecular flexibility index (Phi) is 3.64. The van der Waals surface area contributed by atoms with E-state index in [1.807, 2.05) is 0 Å². The summed E-state index contributed by atoms with van der Waals surface area (Å²) in [6.07, 6.45) is -3.22. The maximum absolute atomic E-state index is 12.4. The zero-order valence-corrected chi connectivity index (χ0v) is 11.7. The van der Waals surface area contributed by atoms with Crippen LogP contribution in [-0.2, 0) is 6.18 Å². The largest absolute Gasteiger partial charge is 0.435 e. The molecule has 0 unspecified atom stereocenters. The highest BCUT2D eigenvalue weighted by Crippen LogP contribution is 2.28. The van der Waals surface area contributed by atoms with Crippen LogP contribution in [-0.4, -0.2) is 14.8 Å². The fourth-order valence-electron chi connectivity index (χ4n) is 1.47. The zero-order valence-electron chi connectivity index (χ0n) is 9.28. The Bertz CT molecular complexity index is 636. The van der Waals surface area contributed by atoms with Gasteiger partial charge in [0.1, 0.15) is 4.99 Å². The number of nitrogens with zero attached hydrogens (tertiary/aromatic N) is 2. The second-order valence-electron chi connectivity index (χ2n) is 3.67. The Morgan fingerprint density at radius 2 is 2.00 bits per heavy atom. The number of alkyl halides is 3. The Morgan fingerprint density at radius 3 is 2.47 bits per heavy atom. The number of hydrogen-bond donors (Lipinski definition) is 1. The van der Waals surface area contributed by atoms with E-state index in [9.17, 15) is 13.2 Å². The summed E-state index contributed by atoms with van der Waals surface area (Å²) in [5, 5.41) is 3.47. The van der Waals surface area contributed by atoms with Crippen molar-refractivity contribution in [3.63, 3.8) is 0 Å². The summed E-state index contributed by atoms with van der Waals surface area (Å²) in [5.41, 5.74) is 5.64. The van der Waals surface area contributed by atoms with Gasteiger partial charge >= 0.3 is 6.18 Å². The second-order valence-corrected chi connectivity index (χ2v) is 4.97. The molecule has 0 saturated carbocycles. The van der Waals surface area contributed by atoms with Crippen LogP contribution in [0.2, 0.25) is 0 Å². The fourth-order valence-corrected chi connectivity index (χ4v) is 2.35. The van der Waals surface area contributed by atoms with Gasteiger partial charge in [0.25, 0.3) is 0 Å². The number of halogens is 4. The summed E-state index contributed by atoms with van der Waals surface area (Å²) in [6, 6.07) is 5.72. The average Bonchev–Trinajstić information content (AvgIpc) is 2.76. The molecule has 2 N–H and O–H groups in total. The molecule has 19 heavy (non-hydrogen) atoms. The summed E-state index contributed by atoms with van der Waals surface area (Å²) < 4.78 is 39.1. The molecule has 2 rings (SSSR count). The van der Waals surface area contributed by atoms with E-state index in [4.69, 9.17) is 18.0 Å². The minimum Gasteiger partial charge on any atom is -0.389 e. The van der Waals surface area contributed by atoms with E-state index in [0.29, 0.717) is 15.7 Å². The van der Waals surface area contributed by atoms with E-state index in [0.717, 1.165) is 10.7 Å². The summed E-state index contributed by atoms with van der Waals surface area (Å²) in [7, 11) is 0. The normalized spacial score (nSPS) is 11.6. The van der Waals surface area contributed by atoms with E-state index in [1.165, 1.54) is 6.20 Å². The molecule has 0 radical (unpaired) electrons. The smallest absolute Gasteiger partial charge is 0.389 e. The molecule has 0 aliphatic carbocycles. The Labute approximate surface area is 120 Å². The monoisotopic (exact) mass is 349 g/mol. The van der Waals surface area contributed by atoms with Gasteiger partial charge in [0.2, 0.25) is 0 Å². The number of nitrogens with two attached hydrogens (primary N) is 1. The molecular formula is C11H7BrF3N3S. The number of thiocarbonyl (C=S) groups is 1. The molecule has 0 atom stereocenters. The van der Waals surface area contributed by atoms with Crippen molar-refractivity contribution in [3.05, 3.63) is 46.2 Å². The molecule has 0 amide bonds. The van der Waals surface area contributed by atoms with Crippen LogP contribution >= 0.6 is 28.1 Å². The molecule has 1 heterocycles. The van der Waals surface area contributed by atoms with Crippen molar-refractivity contribution in [2.24, 2.45) is 5.73 Å². The Morgan fingerprint density at radius 1 is 1.32 bits per heavy atom. The minimum atomic E-state index is -4.46. The van der Waals surface area contributed by atoms with Crippen LogP contribution in [0.15, 0.2) is 34.9 Å². The van der Waals surface area contributed by atoms with Crippen molar-refractivity contribution in [3.8, 4) is 5.69 Å². The topological polar surface area (TPSA) is 43.8 Å². The van der Waals surface area contributed by atoms with Crippen molar-refractivity contribution in [2.75, 3.05) is 0 Å². The third-order valence-electron chi connectivity index (χ3n) is 2.36. The molecular weight excluding hydrogens is 343 g/mol. The number of hydrogen-bond acceptors (Lipinski definition) is 2. The molecule has 0 saturated heterocycles. The van der Waals surface area contributed by atoms with Gasteiger partial charge in [-0.1, -0.05) is 12.2 Å². The van der Waals surface area contributed by atoms with Crippen LogP contribution in [0.5, 0.6) is 0 Å². The summed E-state index contributed by atoms with van der Waals surface area (Å²) in [5.74, 6) is 0. The van der Waals surface area contributed by atoms with E-state index >= 15 is 0 Å². The van der Waals surface area contributed by atoms with Gasteiger partial charge in [-0.05, 0) is 40.2 Å². The first-order valence-corrected chi connectivity index (χ1v) is 6.22. The number of rotatable bonds is 2. The third kappa shape index (κ3) is 2.95.